The summed E-state index contributed by atoms with van der Waals surface area (Å²) in [6.45, 7) is 4.37. The second-order valence-corrected chi connectivity index (χ2v) is 11.2. The van der Waals surface area contributed by atoms with Crippen LogP contribution >= 0.6 is 0 Å². The lowest BCUT2D eigenvalue weighted by atomic mass is 9.92. The van der Waals surface area contributed by atoms with Crippen LogP contribution in [0.4, 0.5) is 0 Å². The van der Waals surface area contributed by atoms with E-state index in [4.69, 9.17) is 9.72 Å². The number of imidazole rings is 2. The van der Waals surface area contributed by atoms with E-state index in [9.17, 15) is 0 Å². The van der Waals surface area contributed by atoms with Gasteiger partial charge in [-0.1, -0.05) is 54.6 Å². The van der Waals surface area contributed by atoms with Crippen molar-refractivity contribution in [3.63, 3.8) is 0 Å². The topological polar surface area (TPSA) is 43.8 Å². The predicted octanol–water partition coefficient (Wildman–Crippen LogP) is 9.67. The number of hydrogen-bond donors (Lipinski definition) is 0. The number of pyridine rings is 2. The quantitative estimate of drug-likeness (QED) is 0.204. The minimum Gasteiger partial charge on any atom is -0.457 e. The van der Waals surface area contributed by atoms with E-state index in [2.05, 4.69) is 125 Å². The van der Waals surface area contributed by atoms with Crippen molar-refractivity contribution in [2.75, 3.05) is 0 Å². The normalized spacial score (nSPS) is 12.0. The summed E-state index contributed by atoms with van der Waals surface area (Å²) in [5, 5.41) is 6.79. The van der Waals surface area contributed by atoms with Crippen LogP contribution < -0.4 is 4.74 Å². The van der Waals surface area contributed by atoms with Gasteiger partial charge in [-0.05, 0) is 83.8 Å². The first-order chi connectivity index (χ1) is 21.2. The summed E-state index contributed by atoms with van der Waals surface area (Å²) in [6.07, 6.45) is 7.81. The molecule has 0 N–H and O–H groups in total. The highest BCUT2D eigenvalue weighted by Crippen LogP contribution is 2.39. The van der Waals surface area contributed by atoms with E-state index in [-0.39, 0.29) is 0 Å². The minimum absolute atomic E-state index is 0.766. The SMILES string of the molecule is Cc1cccc(C)c1-c1cccc2c3ccc(Oc4ccc5c6ccccc6n6ccnc6c5c4)cc3c3nccn3c12. The van der Waals surface area contributed by atoms with Gasteiger partial charge in [-0.15, -0.1) is 0 Å². The number of aryl methyl sites for hydroxylation is 2. The predicted molar refractivity (Wildman–Crippen MR) is 175 cm³/mol. The van der Waals surface area contributed by atoms with E-state index >= 15 is 0 Å². The van der Waals surface area contributed by atoms with Crippen LogP contribution in [0.1, 0.15) is 11.1 Å². The monoisotopic (exact) mass is 554 g/mol. The molecule has 0 aliphatic heterocycles. The highest BCUT2D eigenvalue weighted by molar-refractivity contribution is 6.16. The third-order valence-corrected chi connectivity index (χ3v) is 8.75. The molecular weight excluding hydrogens is 528 g/mol. The van der Waals surface area contributed by atoms with Crippen molar-refractivity contribution in [1.82, 2.24) is 18.8 Å². The maximum atomic E-state index is 6.52. The van der Waals surface area contributed by atoms with Gasteiger partial charge in [0, 0.05) is 51.9 Å². The smallest absolute Gasteiger partial charge is 0.145 e. The van der Waals surface area contributed by atoms with E-state index in [0.29, 0.717) is 0 Å². The second-order valence-electron chi connectivity index (χ2n) is 11.2. The van der Waals surface area contributed by atoms with E-state index in [1.807, 2.05) is 24.7 Å². The Morgan fingerprint density at radius 2 is 1.14 bits per heavy atom. The van der Waals surface area contributed by atoms with Crippen molar-refractivity contribution in [3.05, 3.63) is 133 Å². The Labute approximate surface area is 247 Å². The molecule has 0 aliphatic rings. The van der Waals surface area contributed by atoms with E-state index < -0.39 is 0 Å². The zero-order valence-electron chi connectivity index (χ0n) is 23.7. The standard InChI is InChI=1S/C38H26N4O/c1-23-7-5-8-24(2)35(23)31-11-6-10-30-28-16-14-26(22-33(28)38-40-18-20-42(38)36(30)31)43-25-13-15-27-29-9-3-4-12-34(29)41-19-17-39-37(41)32(27)21-25/h3-22H,1-2H3. The average Bonchev–Trinajstić information content (AvgIpc) is 3.72. The van der Waals surface area contributed by atoms with Crippen molar-refractivity contribution in [1.29, 1.82) is 0 Å². The van der Waals surface area contributed by atoms with Gasteiger partial charge in [0.05, 0.1) is 11.0 Å². The van der Waals surface area contributed by atoms with Crippen LogP contribution in [0, 0.1) is 13.8 Å². The van der Waals surface area contributed by atoms with Gasteiger partial charge in [-0.25, -0.2) is 9.97 Å². The highest BCUT2D eigenvalue weighted by atomic mass is 16.5. The Morgan fingerprint density at radius 3 is 1.88 bits per heavy atom. The van der Waals surface area contributed by atoms with Gasteiger partial charge in [-0.2, -0.15) is 0 Å². The van der Waals surface area contributed by atoms with Gasteiger partial charge < -0.3 is 4.74 Å². The molecule has 0 unspecified atom stereocenters. The molecule has 204 valence electrons. The average molecular weight is 555 g/mol. The van der Waals surface area contributed by atoms with Crippen LogP contribution in [0.5, 0.6) is 11.5 Å². The van der Waals surface area contributed by atoms with Crippen molar-refractivity contribution in [2.24, 2.45) is 0 Å². The molecule has 43 heavy (non-hydrogen) atoms. The molecule has 0 atom stereocenters. The summed E-state index contributed by atoms with van der Waals surface area (Å²) in [6, 6.07) is 34.1. The van der Waals surface area contributed by atoms with Gasteiger partial charge in [0.2, 0.25) is 0 Å². The number of benzene rings is 5. The molecule has 5 heteroatoms. The Balaban J connectivity index is 1.22. The molecule has 0 saturated heterocycles. The first-order valence-electron chi connectivity index (χ1n) is 14.5. The summed E-state index contributed by atoms with van der Waals surface area (Å²) < 4.78 is 10.9. The minimum atomic E-state index is 0.766. The highest BCUT2D eigenvalue weighted by Gasteiger charge is 2.17. The lowest BCUT2D eigenvalue weighted by Crippen LogP contribution is -1.96. The molecule has 0 amide bonds. The number of nitrogens with zero attached hydrogens (tertiary/aromatic N) is 4. The first-order valence-corrected chi connectivity index (χ1v) is 14.5. The second kappa shape index (κ2) is 8.91. The fourth-order valence-electron chi connectivity index (χ4n) is 6.90. The summed E-state index contributed by atoms with van der Waals surface area (Å²) in [4.78, 5) is 9.50. The fourth-order valence-corrected chi connectivity index (χ4v) is 6.90. The molecule has 4 aromatic heterocycles. The van der Waals surface area contributed by atoms with Crippen molar-refractivity contribution >= 4 is 54.6 Å². The van der Waals surface area contributed by atoms with Crippen molar-refractivity contribution < 1.29 is 4.74 Å². The van der Waals surface area contributed by atoms with Crippen LogP contribution in [-0.2, 0) is 0 Å². The number of ether oxygens (including phenoxy) is 1. The van der Waals surface area contributed by atoms with E-state index in [0.717, 1.165) is 49.9 Å². The third-order valence-electron chi connectivity index (χ3n) is 8.75. The van der Waals surface area contributed by atoms with Crippen molar-refractivity contribution in [2.45, 2.75) is 13.8 Å². The zero-order valence-corrected chi connectivity index (χ0v) is 23.7. The molecule has 9 aromatic rings. The Bertz CT molecular complexity index is 2550. The summed E-state index contributed by atoms with van der Waals surface area (Å²) in [5.74, 6) is 1.53. The molecule has 4 heterocycles. The molecule has 9 rings (SSSR count). The van der Waals surface area contributed by atoms with Crippen LogP contribution in [0.2, 0.25) is 0 Å². The molecule has 0 aliphatic carbocycles. The van der Waals surface area contributed by atoms with E-state index in [1.54, 1.807) is 0 Å². The zero-order chi connectivity index (χ0) is 28.7. The maximum absolute atomic E-state index is 6.52. The largest absolute Gasteiger partial charge is 0.457 e. The number of rotatable bonds is 3. The fraction of sp³-hybridized carbons (Fsp3) is 0.0526. The Hall–Kier alpha value is -5.68. The molecule has 5 nitrogen and oxygen atoms in total. The van der Waals surface area contributed by atoms with Gasteiger partial charge >= 0.3 is 0 Å². The maximum Gasteiger partial charge on any atom is 0.145 e. The summed E-state index contributed by atoms with van der Waals surface area (Å²) in [7, 11) is 0. The number of hydrogen-bond acceptors (Lipinski definition) is 3. The van der Waals surface area contributed by atoms with Gasteiger partial charge in [0.1, 0.15) is 22.8 Å². The number of aromatic nitrogens is 4. The van der Waals surface area contributed by atoms with Gasteiger partial charge in [-0.3, -0.25) is 8.80 Å². The lowest BCUT2D eigenvalue weighted by Gasteiger charge is -2.16. The van der Waals surface area contributed by atoms with Crippen LogP contribution in [0.3, 0.4) is 0 Å². The summed E-state index contributed by atoms with van der Waals surface area (Å²) >= 11 is 0. The molecule has 0 radical (unpaired) electrons. The lowest BCUT2D eigenvalue weighted by molar-refractivity contribution is 0.484. The van der Waals surface area contributed by atoms with Gasteiger partial charge in [0.15, 0.2) is 0 Å². The molecular formula is C38H26N4O. The first kappa shape index (κ1) is 24.0. The van der Waals surface area contributed by atoms with Crippen LogP contribution in [0.25, 0.3) is 65.8 Å². The third kappa shape index (κ3) is 3.45. The molecule has 0 bridgehead atoms. The molecule has 0 spiro atoms. The van der Waals surface area contributed by atoms with Gasteiger partial charge in [0.25, 0.3) is 0 Å². The van der Waals surface area contributed by atoms with Crippen LogP contribution in [-0.4, -0.2) is 18.8 Å². The number of fused-ring (bicyclic) bond motifs is 12. The van der Waals surface area contributed by atoms with Crippen LogP contribution in [0.15, 0.2) is 122 Å². The van der Waals surface area contributed by atoms with Crippen molar-refractivity contribution in [3.8, 4) is 22.6 Å². The Kier molecular flexibility index (Phi) is 4.97. The summed E-state index contributed by atoms with van der Waals surface area (Å²) in [5.41, 5.74) is 9.16. The number of para-hydroxylation sites is 2. The van der Waals surface area contributed by atoms with E-state index in [1.165, 1.54) is 38.5 Å². The Morgan fingerprint density at radius 1 is 0.535 bits per heavy atom. The molecule has 0 saturated carbocycles. The molecule has 5 aromatic carbocycles. The molecule has 0 fully saturated rings.